The molecule has 1 aromatic heterocycles. The Hall–Kier alpha value is -1.32. The van der Waals surface area contributed by atoms with E-state index in [0.717, 1.165) is 12.8 Å². The molecule has 0 spiro atoms. The average Bonchev–Trinajstić information content (AvgIpc) is 2.73. The summed E-state index contributed by atoms with van der Waals surface area (Å²) in [4.78, 5) is 14.3. The Labute approximate surface area is 69.2 Å². The zero-order valence-electron chi connectivity index (χ0n) is 6.49. The van der Waals surface area contributed by atoms with Gasteiger partial charge in [0.25, 0.3) is 0 Å². The van der Waals surface area contributed by atoms with Crippen LogP contribution in [0.25, 0.3) is 0 Å². The van der Waals surface area contributed by atoms with Gasteiger partial charge in [-0.3, -0.25) is 4.79 Å². The molecule has 1 aliphatic carbocycles. The van der Waals surface area contributed by atoms with Crippen LogP contribution < -0.4 is 0 Å². The number of oxazole rings is 1. The standard InChI is InChI=1S/C8H9NO3/c10-7(11)3-6-4-12-8(9-6)5-1-2-5/h4-5H,1-3H2,(H,10,11). The first-order valence-corrected chi connectivity index (χ1v) is 3.92. The van der Waals surface area contributed by atoms with Crippen LogP contribution in [0, 0.1) is 0 Å². The normalized spacial score (nSPS) is 16.3. The van der Waals surface area contributed by atoms with Crippen LogP contribution in [-0.4, -0.2) is 16.1 Å². The van der Waals surface area contributed by atoms with E-state index in [1.54, 1.807) is 0 Å². The summed E-state index contributed by atoms with van der Waals surface area (Å²) in [6, 6.07) is 0. The van der Waals surface area contributed by atoms with Crippen molar-refractivity contribution in [2.45, 2.75) is 25.2 Å². The molecule has 1 aliphatic rings. The minimum atomic E-state index is -0.870. The summed E-state index contributed by atoms with van der Waals surface area (Å²) >= 11 is 0. The summed E-state index contributed by atoms with van der Waals surface area (Å²) in [5.74, 6) is 0.282. The van der Waals surface area contributed by atoms with Crippen molar-refractivity contribution in [1.82, 2.24) is 4.98 Å². The van der Waals surface area contributed by atoms with Crippen LogP contribution in [0.5, 0.6) is 0 Å². The summed E-state index contributed by atoms with van der Waals surface area (Å²) in [6.07, 6.45) is 3.62. The summed E-state index contributed by atoms with van der Waals surface area (Å²) in [5.41, 5.74) is 0.518. The van der Waals surface area contributed by atoms with E-state index in [2.05, 4.69) is 4.98 Å². The van der Waals surface area contributed by atoms with Gasteiger partial charge in [0.2, 0.25) is 0 Å². The Morgan fingerprint density at radius 2 is 2.50 bits per heavy atom. The molecule has 0 radical (unpaired) electrons. The first kappa shape index (κ1) is 7.34. The molecule has 1 aromatic rings. The van der Waals surface area contributed by atoms with Gasteiger partial charge in [-0.15, -0.1) is 0 Å². The second kappa shape index (κ2) is 2.62. The second-order valence-corrected chi connectivity index (χ2v) is 3.02. The van der Waals surface area contributed by atoms with Crippen molar-refractivity contribution in [3.05, 3.63) is 17.8 Å². The molecule has 0 amide bonds. The minimum absolute atomic E-state index is 0.0454. The fraction of sp³-hybridized carbons (Fsp3) is 0.500. The SMILES string of the molecule is O=C(O)Cc1coc(C2CC2)n1. The molecule has 0 aliphatic heterocycles. The molecule has 2 rings (SSSR count). The molecule has 0 bridgehead atoms. The van der Waals surface area contributed by atoms with Gasteiger partial charge in [0, 0.05) is 5.92 Å². The number of hydrogen-bond acceptors (Lipinski definition) is 3. The zero-order valence-corrected chi connectivity index (χ0v) is 6.49. The van der Waals surface area contributed by atoms with Gasteiger partial charge in [-0.05, 0) is 12.8 Å². The van der Waals surface area contributed by atoms with Gasteiger partial charge in [-0.1, -0.05) is 0 Å². The number of aromatic nitrogens is 1. The predicted molar refractivity (Wildman–Crippen MR) is 39.8 cm³/mol. The minimum Gasteiger partial charge on any atom is -0.481 e. The van der Waals surface area contributed by atoms with Gasteiger partial charge in [-0.25, -0.2) is 4.98 Å². The molecule has 0 unspecified atom stereocenters. The van der Waals surface area contributed by atoms with Gasteiger partial charge in [0.1, 0.15) is 6.26 Å². The van der Waals surface area contributed by atoms with Crippen molar-refractivity contribution in [2.24, 2.45) is 0 Å². The highest BCUT2D eigenvalue weighted by Crippen LogP contribution is 2.39. The lowest BCUT2D eigenvalue weighted by atomic mass is 10.3. The van der Waals surface area contributed by atoms with Crippen LogP contribution in [-0.2, 0) is 11.2 Å². The van der Waals surface area contributed by atoms with Crippen molar-refractivity contribution in [1.29, 1.82) is 0 Å². The quantitative estimate of drug-likeness (QED) is 0.734. The molecule has 1 saturated carbocycles. The Kier molecular flexibility index (Phi) is 1.60. The molecule has 0 aromatic carbocycles. The van der Waals surface area contributed by atoms with E-state index in [-0.39, 0.29) is 6.42 Å². The van der Waals surface area contributed by atoms with Crippen molar-refractivity contribution in [3.63, 3.8) is 0 Å². The summed E-state index contributed by atoms with van der Waals surface area (Å²) in [5, 5.41) is 8.45. The van der Waals surface area contributed by atoms with Gasteiger partial charge in [-0.2, -0.15) is 0 Å². The Bertz CT molecular complexity index is 301. The highest BCUT2D eigenvalue weighted by Gasteiger charge is 2.28. The molecular weight excluding hydrogens is 158 g/mol. The van der Waals surface area contributed by atoms with Gasteiger partial charge in [0.15, 0.2) is 5.89 Å². The van der Waals surface area contributed by atoms with Crippen LogP contribution in [0.4, 0.5) is 0 Å². The van der Waals surface area contributed by atoms with Gasteiger partial charge < -0.3 is 9.52 Å². The van der Waals surface area contributed by atoms with Crippen LogP contribution >= 0.6 is 0 Å². The Morgan fingerprint density at radius 1 is 1.75 bits per heavy atom. The zero-order chi connectivity index (χ0) is 8.55. The van der Waals surface area contributed by atoms with Crippen LogP contribution in [0.15, 0.2) is 10.7 Å². The maximum Gasteiger partial charge on any atom is 0.309 e. The van der Waals surface area contributed by atoms with E-state index >= 15 is 0 Å². The van der Waals surface area contributed by atoms with Crippen LogP contribution in [0.2, 0.25) is 0 Å². The molecule has 0 saturated heterocycles. The van der Waals surface area contributed by atoms with Crippen LogP contribution in [0.1, 0.15) is 30.3 Å². The Balaban J connectivity index is 2.07. The topological polar surface area (TPSA) is 63.3 Å². The maximum absolute atomic E-state index is 10.3. The third-order valence-electron chi connectivity index (χ3n) is 1.83. The smallest absolute Gasteiger partial charge is 0.309 e. The lowest BCUT2D eigenvalue weighted by Crippen LogP contribution is -2.00. The number of hydrogen-bond donors (Lipinski definition) is 1. The number of aliphatic carboxylic acids is 1. The third kappa shape index (κ3) is 1.47. The maximum atomic E-state index is 10.3. The summed E-state index contributed by atoms with van der Waals surface area (Å²) in [7, 11) is 0. The molecule has 1 heterocycles. The predicted octanol–water partition coefficient (Wildman–Crippen LogP) is 1.18. The van der Waals surface area contributed by atoms with Gasteiger partial charge >= 0.3 is 5.97 Å². The van der Waals surface area contributed by atoms with Gasteiger partial charge in [0.05, 0.1) is 12.1 Å². The molecule has 1 N–H and O–H groups in total. The lowest BCUT2D eigenvalue weighted by molar-refractivity contribution is -0.136. The van der Waals surface area contributed by atoms with Crippen molar-refractivity contribution < 1.29 is 14.3 Å². The third-order valence-corrected chi connectivity index (χ3v) is 1.83. The highest BCUT2D eigenvalue weighted by atomic mass is 16.4. The molecule has 12 heavy (non-hydrogen) atoms. The largest absolute Gasteiger partial charge is 0.481 e. The van der Waals surface area contributed by atoms with Crippen LogP contribution in [0.3, 0.4) is 0 Å². The first-order valence-electron chi connectivity index (χ1n) is 3.92. The number of carboxylic acid groups (broad SMARTS) is 1. The molecule has 4 nitrogen and oxygen atoms in total. The van der Waals surface area contributed by atoms with E-state index in [9.17, 15) is 4.79 Å². The molecular formula is C8H9NO3. The number of nitrogens with zero attached hydrogens (tertiary/aromatic N) is 1. The van der Waals surface area contributed by atoms with E-state index in [1.807, 2.05) is 0 Å². The van der Waals surface area contributed by atoms with Crippen molar-refractivity contribution >= 4 is 5.97 Å². The number of carbonyl (C=O) groups is 1. The highest BCUT2D eigenvalue weighted by molar-refractivity contribution is 5.69. The lowest BCUT2D eigenvalue weighted by Gasteiger charge is -1.85. The van der Waals surface area contributed by atoms with E-state index in [1.165, 1.54) is 6.26 Å². The fourth-order valence-corrected chi connectivity index (χ4v) is 1.08. The monoisotopic (exact) mass is 167 g/mol. The fourth-order valence-electron chi connectivity index (χ4n) is 1.08. The van der Waals surface area contributed by atoms with E-state index in [4.69, 9.17) is 9.52 Å². The molecule has 4 heteroatoms. The number of carboxylic acids is 1. The first-order chi connectivity index (χ1) is 5.75. The van der Waals surface area contributed by atoms with Crippen molar-refractivity contribution in [2.75, 3.05) is 0 Å². The second-order valence-electron chi connectivity index (χ2n) is 3.02. The molecule has 1 fully saturated rings. The Morgan fingerprint density at radius 3 is 3.08 bits per heavy atom. The average molecular weight is 167 g/mol. The summed E-state index contributed by atoms with van der Waals surface area (Å²) in [6.45, 7) is 0. The van der Waals surface area contributed by atoms with Crippen molar-refractivity contribution in [3.8, 4) is 0 Å². The summed E-state index contributed by atoms with van der Waals surface area (Å²) < 4.78 is 5.12. The number of rotatable bonds is 3. The van der Waals surface area contributed by atoms with E-state index in [0.29, 0.717) is 17.5 Å². The molecule has 0 atom stereocenters. The van der Waals surface area contributed by atoms with E-state index < -0.39 is 5.97 Å². The molecule has 64 valence electrons.